The number of para-hydroxylation sites is 8. The molecule has 0 saturated carbocycles. The third kappa shape index (κ3) is 8.18. The monoisotopic (exact) mass is 1170 g/mol. The molecular weight excluding hydrogens is 1120 g/mol. The fraction of sp³-hybridized carbons (Fsp3) is 0. The van der Waals surface area contributed by atoms with Gasteiger partial charge in [-0.3, -0.25) is 0 Å². The van der Waals surface area contributed by atoms with Crippen molar-refractivity contribution in [2.75, 3.05) is 0 Å². The molecule has 91 heavy (non-hydrogen) atoms. The Morgan fingerprint density at radius 3 is 1.02 bits per heavy atom. The van der Waals surface area contributed by atoms with Crippen LogP contribution in [0.2, 0.25) is 0 Å². The molecule has 0 fully saturated rings. The summed E-state index contributed by atoms with van der Waals surface area (Å²) in [6.45, 7) is 0. The van der Waals surface area contributed by atoms with Crippen LogP contribution in [0.4, 0.5) is 0 Å². The number of fused-ring (bicyclic) bond motifs is 17. The van der Waals surface area contributed by atoms with Gasteiger partial charge in [-0.15, -0.1) is 0 Å². The van der Waals surface area contributed by atoms with Crippen molar-refractivity contribution in [2.45, 2.75) is 0 Å². The van der Waals surface area contributed by atoms with Crippen molar-refractivity contribution >= 4 is 146 Å². The molecule has 5 nitrogen and oxygen atoms in total. The van der Waals surface area contributed by atoms with E-state index in [-0.39, 0.29) is 8.41 Å². The summed E-state index contributed by atoms with van der Waals surface area (Å²) in [6, 6.07) is 125. The van der Waals surface area contributed by atoms with Crippen LogP contribution in [0.1, 0.15) is 0 Å². The van der Waals surface area contributed by atoms with Gasteiger partial charge in [0.15, 0.2) is 8.07 Å². The fourth-order valence-corrected chi connectivity index (χ4v) is 19.9. The third-order valence-electron chi connectivity index (χ3n) is 18.9. The highest BCUT2D eigenvalue weighted by atomic mass is 28.3. The van der Waals surface area contributed by atoms with E-state index in [1.807, 2.05) is 0 Å². The minimum absolute atomic E-state index is 0. The van der Waals surface area contributed by atoms with Crippen LogP contribution in [0.25, 0.3) is 132 Å². The number of hydrogen-bond acceptors (Lipinski definition) is 0. The highest BCUT2D eigenvalue weighted by molar-refractivity contribution is 7.19. The van der Waals surface area contributed by atoms with Crippen molar-refractivity contribution < 1.29 is 0 Å². The number of aromatic amines is 1. The number of aromatic nitrogens is 5. The molecular formula is C84H57BN5Si. The maximum Gasteiger partial charge on any atom is 0.179 e. The molecule has 0 saturated heterocycles. The van der Waals surface area contributed by atoms with Crippen LogP contribution in [0.5, 0.6) is 0 Å². The summed E-state index contributed by atoms with van der Waals surface area (Å²) in [5, 5.41) is 18.1. The average molecular weight is 1180 g/mol. The molecule has 0 bridgehead atoms. The molecule has 0 amide bonds. The van der Waals surface area contributed by atoms with Crippen molar-refractivity contribution in [3.05, 3.63) is 340 Å². The molecule has 0 aliphatic heterocycles. The molecule has 3 radical (unpaired) electrons. The predicted molar refractivity (Wildman–Crippen MR) is 389 cm³/mol. The molecule has 7 heteroatoms. The van der Waals surface area contributed by atoms with Gasteiger partial charge in [-0.1, -0.05) is 243 Å². The van der Waals surface area contributed by atoms with Crippen molar-refractivity contribution in [1.29, 1.82) is 0 Å². The SMILES string of the molecule is [B].c1ccc(-n2c3ccccc3c3c2ccc2c4ccccc4n(-c4ccc([Si](c5ccccc5)(c5ccccc5)c5ccc(-n6c7ccccc7c7ccccc76)cc5)cc4)c23)cc1.c1ccc(-n2c3ccccc3c3c4[nH]c5ccccc5c4ccc32)cc1. The zero-order valence-corrected chi connectivity index (χ0v) is 50.7. The van der Waals surface area contributed by atoms with Gasteiger partial charge >= 0.3 is 0 Å². The van der Waals surface area contributed by atoms with Crippen LogP contribution in [0.3, 0.4) is 0 Å². The molecule has 19 rings (SSSR count). The molecule has 5 aromatic heterocycles. The molecule has 5 heterocycles. The summed E-state index contributed by atoms with van der Waals surface area (Å²) in [4.78, 5) is 3.66. The fourth-order valence-electron chi connectivity index (χ4n) is 15.2. The zero-order chi connectivity index (χ0) is 59.3. The van der Waals surface area contributed by atoms with E-state index < -0.39 is 8.07 Å². The Labute approximate surface area is 528 Å². The summed E-state index contributed by atoms with van der Waals surface area (Å²) in [6.07, 6.45) is 0. The molecule has 425 valence electrons. The smallest absolute Gasteiger partial charge is 0.179 e. The minimum Gasteiger partial charge on any atom is -0.354 e. The highest BCUT2D eigenvalue weighted by Crippen LogP contribution is 2.43. The van der Waals surface area contributed by atoms with E-state index in [4.69, 9.17) is 0 Å². The molecule has 19 aromatic rings. The van der Waals surface area contributed by atoms with Crippen molar-refractivity contribution in [3.8, 4) is 22.7 Å². The van der Waals surface area contributed by atoms with Gasteiger partial charge < -0.3 is 23.3 Å². The molecule has 14 aromatic carbocycles. The standard InChI is InChI=1S/C60H41N3Si.C24H16N2.B/c1-4-18-42(19-5-1)62-57-31-17-13-27-53(57)59-58(62)41-40-52-51-26-12-16-30-56(51)63(60(52)59)44-34-38-48(39-35-44)64(45-20-6-2-7-21-45,46-22-8-3-9-23-46)47-36-32-43(33-37-47)61-54-28-14-10-24-49(54)50-25-11-15-29-55(50)61;1-2-8-16(9-3-1)26-21-13-7-5-11-19(21)23-22(26)15-14-18-17-10-4-6-12-20(17)25-24(18)23;/h1-41H;1-15,25H;. The second-order valence-corrected chi connectivity index (χ2v) is 27.4. The largest absolute Gasteiger partial charge is 0.354 e. The van der Waals surface area contributed by atoms with Gasteiger partial charge in [0.1, 0.15) is 0 Å². The van der Waals surface area contributed by atoms with Gasteiger partial charge in [-0.05, 0) is 118 Å². The first-order valence-corrected chi connectivity index (χ1v) is 33.0. The Kier molecular flexibility index (Phi) is 12.7. The third-order valence-corrected chi connectivity index (χ3v) is 23.7. The number of benzene rings is 14. The lowest BCUT2D eigenvalue weighted by Crippen LogP contribution is -2.74. The molecule has 0 spiro atoms. The van der Waals surface area contributed by atoms with Gasteiger partial charge in [0, 0.05) is 90.5 Å². The molecule has 1 N–H and O–H groups in total. The minimum atomic E-state index is -2.87. The molecule has 0 aliphatic carbocycles. The molecule has 0 unspecified atom stereocenters. The topological polar surface area (TPSA) is 35.5 Å². The number of nitrogens with zero attached hydrogens (tertiary/aromatic N) is 4. The Hall–Kier alpha value is -11.6. The second-order valence-electron chi connectivity index (χ2n) is 23.6. The van der Waals surface area contributed by atoms with Crippen molar-refractivity contribution in [3.63, 3.8) is 0 Å². The maximum atomic E-state index is 3.66. The van der Waals surface area contributed by atoms with Gasteiger partial charge in [-0.2, -0.15) is 0 Å². The second kappa shape index (κ2) is 21.6. The summed E-state index contributed by atoms with van der Waals surface area (Å²) < 4.78 is 9.70. The Bertz CT molecular complexity index is 5850. The quantitative estimate of drug-likeness (QED) is 0.116. The van der Waals surface area contributed by atoms with Crippen LogP contribution in [0.15, 0.2) is 340 Å². The van der Waals surface area contributed by atoms with Crippen LogP contribution in [0, 0.1) is 0 Å². The van der Waals surface area contributed by atoms with E-state index >= 15 is 0 Å². The summed E-state index contributed by atoms with van der Waals surface area (Å²) in [5.74, 6) is 0. The highest BCUT2D eigenvalue weighted by Gasteiger charge is 2.41. The Balaban J connectivity index is 0.000000196. The van der Waals surface area contributed by atoms with Crippen LogP contribution < -0.4 is 20.7 Å². The Morgan fingerprint density at radius 2 is 0.527 bits per heavy atom. The number of hydrogen-bond donors (Lipinski definition) is 1. The van der Waals surface area contributed by atoms with Gasteiger partial charge in [-0.25, -0.2) is 0 Å². The Morgan fingerprint density at radius 1 is 0.209 bits per heavy atom. The summed E-state index contributed by atoms with van der Waals surface area (Å²) in [5.41, 5.74) is 16.8. The van der Waals surface area contributed by atoms with Gasteiger partial charge in [0.05, 0.1) is 49.7 Å². The van der Waals surface area contributed by atoms with Gasteiger partial charge in [0.2, 0.25) is 0 Å². The normalized spacial score (nSPS) is 11.9. The first kappa shape index (κ1) is 53.6. The summed E-state index contributed by atoms with van der Waals surface area (Å²) in [7, 11) is -2.87. The van der Waals surface area contributed by atoms with E-state index in [1.54, 1.807) is 0 Å². The van der Waals surface area contributed by atoms with E-state index in [1.165, 1.54) is 135 Å². The van der Waals surface area contributed by atoms with E-state index in [2.05, 4.69) is 363 Å². The number of H-pyrrole nitrogens is 1. The maximum absolute atomic E-state index is 3.66. The van der Waals surface area contributed by atoms with Crippen LogP contribution in [-0.4, -0.2) is 39.7 Å². The molecule has 0 atom stereocenters. The van der Waals surface area contributed by atoms with Crippen LogP contribution in [-0.2, 0) is 0 Å². The lowest BCUT2D eigenvalue weighted by molar-refractivity contribution is 1.17. The zero-order valence-electron chi connectivity index (χ0n) is 49.7. The average Bonchev–Trinajstić information content (AvgIpc) is 1.63. The molecule has 0 aliphatic rings. The lowest BCUT2D eigenvalue weighted by atomic mass is 10.1. The first-order chi connectivity index (χ1) is 44.7. The van der Waals surface area contributed by atoms with Crippen molar-refractivity contribution in [2.24, 2.45) is 0 Å². The van der Waals surface area contributed by atoms with E-state index in [9.17, 15) is 0 Å². The lowest BCUT2D eigenvalue weighted by Gasteiger charge is -2.34. The van der Waals surface area contributed by atoms with E-state index in [0.717, 1.165) is 17.1 Å². The number of rotatable bonds is 8. The number of nitrogens with one attached hydrogen (secondary N) is 1. The van der Waals surface area contributed by atoms with Crippen LogP contribution >= 0.6 is 0 Å². The van der Waals surface area contributed by atoms with Gasteiger partial charge in [0.25, 0.3) is 0 Å². The van der Waals surface area contributed by atoms with E-state index in [0.29, 0.717) is 0 Å². The summed E-state index contributed by atoms with van der Waals surface area (Å²) >= 11 is 0. The first-order valence-electron chi connectivity index (χ1n) is 31.0. The van der Waals surface area contributed by atoms with Crippen molar-refractivity contribution in [1.82, 2.24) is 23.3 Å². The predicted octanol–water partition coefficient (Wildman–Crippen LogP) is 18.4.